The number of nitrogens with one attached hydrogen (secondary N) is 2. The van der Waals surface area contributed by atoms with Gasteiger partial charge in [0.1, 0.15) is 5.82 Å². The summed E-state index contributed by atoms with van der Waals surface area (Å²) in [7, 11) is 3.74. The van der Waals surface area contributed by atoms with Crippen LogP contribution in [0.1, 0.15) is 46.7 Å². The molecule has 0 aromatic carbocycles. The van der Waals surface area contributed by atoms with Crippen molar-refractivity contribution in [3.63, 3.8) is 0 Å². The van der Waals surface area contributed by atoms with Gasteiger partial charge in [0.25, 0.3) is 5.91 Å². The van der Waals surface area contributed by atoms with Crippen molar-refractivity contribution in [2.45, 2.75) is 38.2 Å². The number of pyridine rings is 1. The number of hydrogen-bond donors (Lipinski definition) is 2. The molecule has 0 atom stereocenters. The molecule has 0 aliphatic carbocycles. The molecular formula is C27H34N10O2. The first-order valence-electron chi connectivity index (χ1n) is 13.4. The highest BCUT2D eigenvalue weighted by Crippen LogP contribution is 2.36. The molecule has 6 heterocycles. The Morgan fingerprint density at radius 2 is 1.95 bits per heavy atom. The number of aromatic nitrogens is 7. The van der Waals surface area contributed by atoms with E-state index in [-0.39, 0.29) is 11.5 Å². The highest BCUT2D eigenvalue weighted by Gasteiger charge is 2.40. The summed E-state index contributed by atoms with van der Waals surface area (Å²) in [6, 6.07) is 1.81. The fraction of sp³-hybridized carbons (Fsp3) is 0.481. The van der Waals surface area contributed by atoms with Crippen LogP contribution in [0, 0.1) is 6.92 Å². The number of likely N-dealkylation sites (tertiary alicyclic amines) is 1. The van der Waals surface area contributed by atoms with Crippen LogP contribution < -0.4 is 10.6 Å². The summed E-state index contributed by atoms with van der Waals surface area (Å²) in [5.74, 6) is 1.17. The van der Waals surface area contributed by atoms with E-state index in [1.165, 1.54) is 6.42 Å². The molecule has 0 unspecified atom stereocenters. The number of carbonyl (C=O) groups is 1. The Morgan fingerprint density at radius 1 is 1.13 bits per heavy atom. The average molecular weight is 531 g/mol. The number of piperidine rings is 1. The van der Waals surface area contributed by atoms with Gasteiger partial charge in [-0.25, -0.2) is 14.6 Å². The lowest BCUT2D eigenvalue weighted by Crippen LogP contribution is -2.53. The van der Waals surface area contributed by atoms with E-state index in [1.54, 1.807) is 21.8 Å². The van der Waals surface area contributed by atoms with Crippen molar-refractivity contribution in [1.82, 2.24) is 44.7 Å². The molecule has 4 aromatic heterocycles. The molecule has 12 nitrogen and oxygen atoms in total. The van der Waals surface area contributed by atoms with Gasteiger partial charge in [0, 0.05) is 65.3 Å². The molecule has 4 aromatic rings. The summed E-state index contributed by atoms with van der Waals surface area (Å²) in [5, 5.41) is 16.0. The normalized spacial score (nSPS) is 16.9. The monoisotopic (exact) mass is 530 g/mol. The van der Waals surface area contributed by atoms with Crippen LogP contribution in [0.25, 0.3) is 11.0 Å². The lowest BCUT2D eigenvalue weighted by Gasteiger charge is -2.47. The van der Waals surface area contributed by atoms with Gasteiger partial charge in [-0.15, -0.1) is 0 Å². The van der Waals surface area contributed by atoms with Gasteiger partial charge in [-0.3, -0.25) is 14.5 Å². The van der Waals surface area contributed by atoms with E-state index < -0.39 is 0 Å². The molecule has 0 saturated carbocycles. The quantitative estimate of drug-likeness (QED) is 0.352. The first-order chi connectivity index (χ1) is 18.9. The molecule has 1 spiro atoms. The predicted octanol–water partition coefficient (Wildman–Crippen LogP) is 2.12. The highest BCUT2D eigenvalue weighted by molar-refractivity contribution is 5.95. The first-order valence-corrected chi connectivity index (χ1v) is 13.4. The summed E-state index contributed by atoms with van der Waals surface area (Å²) in [4.78, 5) is 29.0. The van der Waals surface area contributed by atoms with Gasteiger partial charge < -0.3 is 20.3 Å². The molecular weight excluding hydrogens is 496 g/mol. The fourth-order valence-electron chi connectivity index (χ4n) is 5.31. The second kappa shape index (κ2) is 10.3. The lowest BCUT2D eigenvalue weighted by molar-refractivity contribution is -0.172. The van der Waals surface area contributed by atoms with Gasteiger partial charge >= 0.3 is 0 Å². The van der Waals surface area contributed by atoms with E-state index in [0.717, 1.165) is 61.4 Å². The van der Waals surface area contributed by atoms with Crippen molar-refractivity contribution in [3.05, 3.63) is 53.5 Å². The van der Waals surface area contributed by atoms with Gasteiger partial charge in [0.15, 0.2) is 11.5 Å². The molecule has 0 bridgehead atoms. The Bertz CT molecular complexity index is 1500. The number of anilines is 2. The number of nitrogens with zero attached hydrogens (tertiary/aromatic N) is 8. The zero-order chi connectivity index (χ0) is 27.0. The van der Waals surface area contributed by atoms with Crippen molar-refractivity contribution >= 4 is 28.4 Å². The van der Waals surface area contributed by atoms with Crippen LogP contribution >= 0.6 is 0 Å². The minimum atomic E-state index is -0.143. The summed E-state index contributed by atoms with van der Waals surface area (Å²) in [5.41, 5.74) is 3.88. The predicted molar refractivity (Wildman–Crippen MR) is 146 cm³/mol. The maximum atomic E-state index is 12.9. The average Bonchev–Trinajstić information content (AvgIpc) is 3.46. The molecule has 2 saturated heterocycles. The zero-order valence-corrected chi connectivity index (χ0v) is 22.6. The van der Waals surface area contributed by atoms with Crippen molar-refractivity contribution in [2.75, 3.05) is 38.1 Å². The van der Waals surface area contributed by atoms with Crippen molar-refractivity contribution in [2.24, 2.45) is 14.1 Å². The van der Waals surface area contributed by atoms with Gasteiger partial charge in [0.05, 0.1) is 40.7 Å². The summed E-state index contributed by atoms with van der Waals surface area (Å²) in [6.07, 6.45) is 11.1. The molecule has 6 rings (SSSR count). The van der Waals surface area contributed by atoms with Gasteiger partial charge in [-0.2, -0.15) is 10.2 Å². The first kappa shape index (κ1) is 25.4. The molecule has 204 valence electrons. The van der Waals surface area contributed by atoms with Gasteiger partial charge in [-0.1, -0.05) is 0 Å². The molecule has 1 amide bonds. The SMILES string of the molecule is Cc1ncc(C(=O)NCCN2CCC3(CCO3)CC2)cc1Nc1nn(C)c2nc(Cc3cnn(C)c3)ncc12. The topological polar surface area (TPSA) is 128 Å². The second-order valence-electron chi connectivity index (χ2n) is 10.6. The van der Waals surface area contributed by atoms with E-state index in [4.69, 9.17) is 9.72 Å². The molecule has 39 heavy (non-hydrogen) atoms. The molecule has 2 aliphatic heterocycles. The summed E-state index contributed by atoms with van der Waals surface area (Å²) < 4.78 is 9.29. The highest BCUT2D eigenvalue weighted by atomic mass is 16.5. The Balaban J connectivity index is 1.10. The third-order valence-electron chi connectivity index (χ3n) is 7.80. The van der Waals surface area contributed by atoms with Crippen molar-refractivity contribution in [1.29, 1.82) is 0 Å². The van der Waals surface area contributed by atoms with Crippen molar-refractivity contribution < 1.29 is 9.53 Å². The maximum Gasteiger partial charge on any atom is 0.252 e. The Hall–Kier alpha value is -3.90. The Labute approximate surface area is 226 Å². The number of hydrogen-bond acceptors (Lipinski definition) is 9. The van der Waals surface area contributed by atoms with E-state index in [1.807, 2.05) is 39.5 Å². The zero-order valence-electron chi connectivity index (χ0n) is 22.6. The number of aryl methyl sites for hydroxylation is 3. The van der Waals surface area contributed by atoms with Crippen LogP contribution in [0.15, 0.2) is 30.9 Å². The van der Waals surface area contributed by atoms with Crippen LogP contribution in [0.2, 0.25) is 0 Å². The Morgan fingerprint density at radius 3 is 2.67 bits per heavy atom. The molecule has 2 aliphatic rings. The smallest absolute Gasteiger partial charge is 0.252 e. The van der Waals surface area contributed by atoms with E-state index in [2.05, 4.69) is 35.7 Å². The maximum absolute atomic E-state index is 12.9. The van der Waals surface area contributed by atoms with E-state index in [0.29, 0.717) is 35.9 Å². The molecule has 2 N–H and O–H groups in total. The number of fused-ring (bicyclic) bond motifs is 1. The van der Waals surface area contributed by atoms with Gasteiger partial charge in [-0.05, 0) is 37.8 Å². The lowest BCUT2D eigenvalue weighted by atomic mass is 9.84. The second-order valence-corrected chi connectivity index (χ2v) is 10.6. The summed E-state index contributed by atoms with van der Waals surface area (Å²) in [6.45, 7) is 6.25. The van der Waals surface area contributed by atoms with Crippen LogP contribution in [0.5, 0.6) is 0 Å². The van der Waals surface area contributed by atoms with Crippen molar-refractivity contribution in [3.8, 4) is 0 Å². The standard InChI is InChI=1S/C27H34N10O2/c1-18-22(13-20(15-29-18)26(38)28-7-10-37-8-4-27(5-9-37)6-11-39-27)32-24-21-16-30-23(33-25(21)36(3)34-24)12-19-14-31-35(2)17-19/h13-17H,4-12H2,1-3H3,(H,28,38)(H,32,34). The van der Waals surface area contributed by atoms with Crippen LogP contribution in [-0.2, 0) is 25.3 Å². The molecule has 2 fully saturated rings. The van der Waals surface area contributed by atoms with E-state index in [9.17, 15) is 4.79 Å². The number of ether oxygens (including phenoxy) is 1. The van der Waals surface area contributed by atoms with Gasteiger partial charge in [0.2, 0.25) is 0 Å². The van der Waals surface area contributed by atoms with Crippen LogP contribution in [0.4, 0.5) is 11.5 Å². The number of carbonyl (C=O) groups excluding carboxylic acids is 1. The molecule has 0 radical (unpaired) electrons. The number of rotatable bonds is 8. The molecule has 12 heteroatoms. The number of amides is 1. The third kappa shape index (κ3) is 5.34. The summed E-state index contributed by atoms with van der Waals surface area (Å²) >= 11 is 0. The van der Waals surface area contributed by atoms with E-state index >= 15 is 0 Å². The Kier molecular flexibility index (Phi) is 6.73. The largest absolute Gasteiger partial charge is 0.375 e. The minimum absolute atomic E-state index is 0.143. The van der Waals surface area contributed by atoms with Crippen LogP contribution in [0.3, 0.4) is 0 Å². The van der Waals surface area contributed by atoms with Crippen LogP contribution in [-0.4, -0.2) is 83.7 Å². The fourth-order valence-corrected chi connectivity index (χ4v) is 5.31. The third-order valence-corrected chi connectivity index (χ3v) is 7.80. The minimum Gasteiger partial charge on any atom is -0.375 e.